The number of hydrogen-bond donors (Lipinski definition) is 1. The highest BCUT2D eigenvalue weighted by Crippen LogP contribution is 2.37. The second-order valence-electron chi connectivity index (χ2n) is 5.28. The molecule has 0 unspecified atom stereocenters. The van der Waals surface area contributed by atoms with E-state index in [4.69, 9.17) is 16.3 Å². The summed E-state index contributed by atoms with van der Waals surface area (Å²) in [5.41, 5.74) is 1.21. The van der Waals surface area contributed by atoms with Gasteiger partial charge in [-0.1, -0.05) is 11.6 Å². The van der Waals surface area contributed by atoms with Crippen LogP contribution < -0.4 is 9.46 Å². The minimum atomic E-state index is -3.78. The van der Waals surface area contributed by atoms with Gasteiger partial charge >= 0.3 is 0 Å². The lowest BCUT2D eigenvalue weighted by Crippen LogP contribution is -2.13. The zero-order valence-corrected chi connectivity index (χ0v) is 16.9. The minimum Gasteiger partial charge on any atom is -0.495 e. The largest absolute Gasteiger partial charge is 0.495 e. The molecule has 132 valence electrons. The molecule has 2 aromatic heterocycles. The van der Waals surface area contributed by atoms with E-state index in [-0.39, 0.29) is 4.90 Å². The number of halogens is 1. The van der Waals surface area contributed by atoms with Crippen molar-refractivity contribution in [1.82, 2.24) is 4.98 Å². The topological polar surface area (TPSA) is 68.3 Å². The summed E-state index contributed by atoms with van der Waals surface area (Å²) < 4.78 is 33.4. The van der Waals surface area contributed by atoms with Crippen LogP contribution in [0.25, 0.3) is 9.88 Å². The first-order chi connectivity index (χ1) is 11.8. The molecule has 0 aliphatic heterocycles. The van der Waals surface area contributed by atoms with E-state index in [1.54, 1.807) is 25.1 Å². The Morgan fingerprint density at radius 3 is 2.64 bits per heavy atom. The number of thiophene rings is 1. The van der Waals surface area contributed by atoms with Crippen LogP contribution in [0, 0.1) is 13.8 Å². The molecule has 0 fully saturated rings. The van der Waals surface area contributed by atoms with Gasteiger partial charge in [0.05, 0.1) is 17.7 Å². The molecule has 0 spiro atoms. The summed E-state index contributed by atoms with van der Waals surface area (Å²) in [6.07, 6.45) is 0. The maximum atomic E-state index is 12.8. The standard InChI is InChI=1S/C16H15ClN2O3S3/c1-9-8-23-16(18-9)14-7-15(10(2)24-14)25(20,21)19-12-6-11(17)4-5-13(12)22-3/h4-8,19H,1-3H3. The van der Waals surface area contributed by atoms with E-state index in [1.807, 2.05) is 12.3 Å². The number of benzene rings is 1. The number of anilines is 1. The molecule has 2 heterocycles. The predicted molar refractivity (Wildman–Crippen MR) is 104 cm³/mol. The van der Waals surface area contributed by atoms with E-state index in [0.29, 0.717) is 21.3 Å². The summed E-state index contributed by atoms with van der Waals surface area (Å²) in [5.74, 6) is 0.400. The summed E-state index contributed by atoms with van der Waals surface area (Å²) in [5, 5.41) is 3.17. The van der Waals surface area contributed by atoms with E-state index in [9.17, 15) is 8.42 Å². The first-order valence-electron chi connectivity index (χ1n) is 7.19. The van der Waals surface area contributed by atoms with Crippen LogP contribution in [0.15, 0.2) is 34.5 Å². The second kappa shape index (κ2) is 6.95. The number of nitrogens with zero attached hydrogens (tertiary/aromatic N) is 1. The molecule has 3 aromatic rings. The summed E-state index contributed by atoms with van der Waals surface area (Å²) >= 11 is 8.87. The average molecular weight is 415 g/mol. The average Bonchev–Trinajstić information content (AvgIpc) is 3.13. The molecule has 3 rings (SSSR count). The Bertz CT molecular complexity index is 1030. The van der Waals surface area contributed by atoms with Crippen LogP contribution in [0.5, 0.6) is 5.75 Å². The van der Waals surface area contributed by atoms with Gasteiger partial charge in [-0.3, -0.25) is 4.72 Å². The molecule has 0 atom stereocenters. The summed E-state index contributed by atoms with van der Waals surface area (Å²) in [7, 11) is -2.30. The molecular formula is C16H15ClN2O3S3. The third-order valence-corrected chi connectivity index (χ3v) is 7.43. The first-order valence-corrected chi connectivity index (χ1v) is 10.7. The van der Waals surface area contributed by atoms with Gasteiger partial charge < -0.3 is 4.74 Å². The lowest BCUT2D eigenvalue weighted by Gasteiger charge is -2.12. The predicted octanol–water partition coefficient (Wildman–Crippen LogP) is 4.95. The van der Waals surface area contributed by atoms with E-state index in [2.05, 4.69) is 9.71 Å². The first kappa shape index (κ1) is 18.2. The number of nitrogens with one attached hydrogen (secondary N) is 1. The normalized spacial score (nSPS) is 11.5. The molecule has 25 heavy (non-hydrogen) atoms. The summed E-state index contributed by atoms with van der Waals surface area (Å²) in [4.78, 5) is 6.16. The monoisotopic (exact) mass is 414 g/mol. The molecule has 0 saturated heterocycles. The highest BCUT2D eigenvalue weighted by Gasteiger charge is 2.23. The Kier molecular flexibility index (Phi) is 5.06. The van der Waals surface area contributed by atoms with Crippen LogP contribution in [0.1, 0.15) is 10.6 Å². The fraction of sp³-hybridized carbons (Fsp3) is 0.188. The van der Waals surface area contributed by atoms with Gasteiger partial charge in [0.25, 0.3) is 10.0 Å². The number of methoxy groups -OCH3 is 1. The lowest BCUT2D eigenvalue weighted by atomic mass is 10.3. The third kappa shape index (κ3) is 3.82. The van der Waals surface area contributed by atoms with Crippen LogP contribution in [0.2, 0.25) is 5.02 Å². The van der Waals surface area contributed by atoms with Crippen molar-refractivity contribution in [3.8, 4) is 15.6 Å². The highest BCUT2D eigenvalue weighted by molar-refractivity contribution is 7.93. The van der Waals surface area contributed by atoms with Gasteiger partial charge in [-0.2, -0.15) is 0 Å². The van der Waals surface area contributed by atoms with Crippen molar-refractivity contribution in [2.45, 2.75) is 18.7 Å². The van der Waals surface area contributed by atoms with Crippen LogP contribution >= 0.6 is 34.3 Å². The SMILES string of the molecule is COc1ccc(Cl)cc1NS(=O)(=O)c1cc(-c2nc(C)cs2)sc1C. The Hall–Kier alpha value is -1.61. The van der Waals surface area contributed by atoms with Crippen molar-refractivity contribution in [2.24, 2.45) is 0 Å². The maximum absolute atomic E-state index is 12.8. The quantitative estimate of drug-likeness (QED) is 0.641. The van der Waals surface area contributed by atoms with Crippen molar-refractivity contribution in [1.29, 1.82) is 0 Å². The fourth-order valence-electron chi connectivity index (χ4n) is 2.26. The van der Waals surface area contributed by atoms with Gasteiger partial charge in [0, 0.05) is 21.0 Å². The molecule has 0 radical (unpaired) electrons. The molecule has 1 aromatic carbocycles. The molecular weight excluding hydrogens is 400 g/mol. The van der Waals surface area contributed by atoms with Crippen molar-refractivity contribution in [3.63, 3.8) is 0 Å². The fourth-order valence-corrected chi connectivity index (χ4v) is 5.95. The van der Waals surface area contributed by atoms with Gasteiger partial charge in [0.15, 0.2) is 0 Å². The minimum absolute atomic E-state index is 0.224. The molecule has 0 bridgehead atoms. The summed E-state index contributed by atoms with van der Waals surface area (Å²) in [6.45, 7) is 3.68. The number of sulfonamides is 1. The molecule has 0 amide bonds. The molecule has 9 heteroatoms. The van der Waals surface area contributed by atoms with Crippen molar-refractivity contribution in [2.75, 3.05) is 11.8 Å². The third-order valence-electron chi connectivity index (χ3n) is 3.40. The van der Waals surface area contributed by atoms with Gasteiger partial charge in [0.1, 0.15) is 15.7 Å². The second-order valence-corrected chi connectivity index (χ2v) is 9.48. The van der Waals surface area contributed by atoms with E-state index in [0.717, 1.165) is 15.6 Å². The van der Waals surface area contributed by atoms with Crippen molar-refractivity contribution < 1.29 is 13.2 Å². The molecule has 1 N–H and O–H groups in total. The van der Waals surface area contributed by atoms with E-state index >= 15 is 0 Å². The molecule has 5 nitrogen and oxygen atoms in total. The number of aryl methyl sites for hydroxylation is 2. The van der Waals surface area contributed by atoms with Crippen LogP contribution in [-0.2, 0) is 10.0 Å². The Morgan fingerprint density at radius 1 is 1.24 bits per heavy atom. The Labute approximate surface area is 159 Å². The van der Waals surface area contributed by atoms with Crippen LogP contribution in [-0.4, -0.2) is 20.5 Å². The van der Waals surface area contributed by atoms with E-state index < -0.39 is 10.0 Å². The van der Waals surface area contributed by atoms with Crippen molar-refractivity contribution in [3.05, 3.63) is 45.2 Å². The van der Waals surface area contributed by atoms with Gasteiger partial charge in [-0.05, 0) is 38.1 Å². The van der Waals surface area contributed by atoms with Gasteiger partial charge in [0.2, 0.25) is 0 Å². The molecule has 0 aliphatic carbocycles. The summed E-state index contributed by atoms with van der Waals surface area (Å²) in [6, 6.07) is 6.42. The van der Waals surface area contributed by atoms with E-state index in [1.165, 1.54) is 35.8 Å². The highest BCUT2D eigenvalue weighted by atomic mass is 35.5. The lowest BCUT2D eigenvalue weighted by molar-refractivity contribution is 0.417. The zero-order valence-electron chi connectivity index (χ0n) is 13.7. The smallest absolute Gasteiger partial charge is 0.263 e. The number of rotatable bonds is 5. The van der Waals surface area contributed by atoms with Gasteiger partial charge in [-0.25, -0.2) is 13.4 Å². The maximum Gasteiger partial charge on any atom is 0.263 e. The number of ether oxygens (including phenoxy) is 1. The number of thiazole rings is 1. The van der Waals surface area contributed by atoms with Crippen molar-refractivity contribution >= 4 is 50.0 Å². The molecule has 0 aliphatic rings. The molecule has 0 saturated carbocycles. The Balaban J connectivity index is 1.98. The number of aromatic nitrogens is 1. The van der Waals surface area contributed by atoms with Crippen LogP contribution in [0.4, 0.5) is 5.69 Å². The zero-order chi connectivity index (χ0) is 18.2. The van der Waals surface area contributed by atoms with Gasteiger partial charge in [-0.15, -0.1) is 22.7 Å². The number of hydrogen-bond acceptors (Lipinski definition) is 6. The van der Waals surface area contributed by atoms with Crippen LogP contribution in [0.3, 0.4) is 0 Å². The Morgan fingerprint density at radius 2 is 2.00 bits per heavy atom.